The van der Waals surface area contributed by atoms with Gasteiger partial charge in [-0.15, -0.1) is 0 Å². The number of ether oxygens (including phenoxy) is 1. The lowest BCUT2D eigenvalue weighted by Crippen LogP contribution is -2.31. The number of hydrogen-bond acceptors (Lipinski definition) is 4. The summed E-state index contributed by atoms with van der Waals surface area (Å²) in [4.78, 5) is 22.7. The van der Waals surface area contributed by atoms with Gasteiger partial charge in [-0.2, -0.15) is 0 Å². The topological polar surface area (TPSA) is 95.9 Å². The van der Waals surface area contributed by atoms with Gasteiger partial charge < -0.3 is 20.3 Å². The lowest BCUT2D eigenvalue weighted by molar-refractivity contribution is -0.144. The number of rotatable bonds is 8. The van der Waals surface area contributed by atoms with Crippen LogP contribution < -0.4 is 10.1 Å². The van der Waals surface area contributed by atoms with Gasteiger partial charge in [0.1, 0.15) is 5.75 Å². The Morgan fingerprint density at radius 1 is 1.40 bits per heavy atom. The molecule has 6 heteroatoms. The first-order chi connectivity index (χ1) is 9.56. The number of benzene rings is 1. The second-order valence-corrected chi connectivity index (χ2v) is 4.37. The van der Waals surface area contributed by atoms with E-state index in [9.17, 15) is 14.7 Å². The summed E-state index contributed by atoms with van der Waals surface area (Å²) in [6, 6.07) is 7.10. The van der Waals surface area contributed by atoms with Gasteiger partial charge in [-0.25, -0.2) is 0 Å². The van der Waals surface area contributed by atoms with E-state index in [1.54, 1.807) is 24.3 Å². The molecule has 1 aromatic carbocycles. The van der Waals surface area contributed by atoms with Gasteiger partial charge in [-0.05, 0) is 24.1 Å². The fraction of sp³-hybridized carbons (Fsp3) is 0.429. The van der Waals surface area contributed by atoms with Crippen LogP contribution in [-0.4, -0.2) is 42.4 Å². The number of carbonyl (C=O) groups is 2. The van der Waals surface area contributed by atoms with Gasteiger partial charge in [0, 0.05) is 13.0 Å². The van der Waals surface area contributed by atoms with E-state index in [-0.39, 0.29) is 31.9 Å². The summed E-state index contributed by atoms with van der Waals surface area (Å²) in [5.74, 6) is -1.56. The number of carboxylic acid groups (broad SMARTS) is 1. The standard InChI is InChI=1S/C14H19NO5/c1-20-12-4-2-3-10(8-12)7-11(14(18)19)9-13(17)15-5-6-16/h2-4,8,11,16H,5-7,9H2,1H3,(H,15,17)(H,18,19). The maximum Gasteiger partial charge on any atom is 0.307 e. The van der Waals surface area contributed by atoms with Gasteiger partial charge in [-0.3, -0.25) is 9.59 Å². The van der Waals surface area contributed by atoms with Gasteiger partial charge in [0.15, 0.2) is 0 Å². The molecule has 1 rings (SSSR count). The highest BCUT2D eigenvalue weighted by molar-refractivity contribution is 5.82. The molecule has 0 spiro atoms. The van der Waals surface area contributed by atoms with Gasteiger partial charge in [0.2, 0.25) is 5.91 Å². The fourth-order valence-electron chi connectivity index (χ4n) is 1.82. The van der Waals surface area contributed by atoms with Crippen molar-refractivity contribution in [1.82, 2.24) is 5.32 Å². The zero-order valence-electron chi connectivity index (χ0n) is 11.3. The third-order valence-corrected chi connectivity index (χ3v) is 2.83. The predicted molar refractivity (Wildman–Crippen MR) is 72.5 cm³/mol. The zero-order chi connectivity index (χ0) is 15.0. The van der Waals surface area contributed by atoms with Crippen LogP contribution in [0.15, 0.2) is 24.3 Å². The van der Waals surface area contributed by atoms with E-state index in [0.717, 1.165) is 5.56 Å². The summed E-state index contributed by atoms with van der Waals surface area (Å²) >= 11 is 0. The van der Waals surface area contributed by atoms with Crippen LogP contribution in [0.5, 0.6) is 5.75 Å². The summed E-state index contributed by atoms with van der Waals surface area (Å²) in [5.41, 5.74) is 0.798. The number of hydrogen-bond donors (Lipinski definition) is 3. The lowest BCUT2D eigenvalue weighted by Gasteiger charge is -2.13. The van der Waals surface area contributed by atoms with Gasteiger partial charge >= 0.3 is 5.97 Å². The lowest BCUT2D eigenvalue weighted by atomic mass is 9.96. The Morgan fingerprint density at radius 3 is 2.75 bits per heavy atom. The number of aliphatic carboxylic acids is 1. The Balaban J connectivity index is 2.66. The smallest absolute Gasteiger partial charge is 0.307 e. The monoisotopic (exact) mass is 281 g/mol. The molecule has 110 valence electrons. The third-order valence-electron chi connectivity index (χ3n) is 2.83. The molecule has 0 aliphatic carbocycles. The first-order valence-corrected chi connectivity index (χ1v) is 6.30. The fourth-order valence-corrected chi connectivity index (χ4v) is 1.82. The molecule has 20 heavy (non-hydrogen) atoms. The summed E-state index contributed by atoms with van der Waals surface area (Å²) in [6.45, 7) is -0.0380. The summed E-state index contributed by atoms with van der Waals surface area (Å²) in [5, 5.41) is 20.2. The van der Waals surface area contributed by atoms with Crippen LogP contribution in [0, 0.1) is 5.92 Å². The normalized spacial score (nSPS) is 11.7. The molecule has 0 aliphatic heterocycles. The second kappa shape index (κ2) is 8.16. The van der Waals surface area contributed by atoms with Crippen molar-refractivity contribution < 1.29 is 24.5 Å². The molecular formula is C14H19NO5. The predicted octanol–water partition coefficient (Wildman–Crippen LogP) is 0.437. The Morgan fingerprint density at radius 2 is 2.15 bits per heavy atom. The molecule has 3 N–H and O–H groups in total. The van der Waals surface area contributed by atoms with Crippen molar-refractivity contribution in [3.8, 4) is 5.75 Å². The van der Waals surface area contributed by atoms with Crippen LogP contribution in [0.2, 0.25) is 0 Å². The molecule has 0 fully saturated rings. The van der Waals surface area contributed by atoms with Crippen molar-refractivity contribution in [3.05, 3.63) is 29.8 Å². The number of carboxylic acids is 1. The van der Waals surface area contributed by atoms with Crippen molar-refractivity contribution in [1.29, 1.82) is 0 Å². The first kappa shape index (κ1) is 16.0. The largest absolute Gasteiger partial charge is 0.497 e. The van der Waals surface area contributed by atoms with Crippen LogP contribution in [0.1, 0.15) is 12.0 Å². The number of methoxy groups -OCH3 is 1. The van der Waals surface area contributed by atoms with Crippen molar-refractivity contribution in [2.24, 2.45) is 5.92 Å². The summed E-state index contributed by atoms with van der Waals surface area (Å²) in [6.07, 6.45) is 0.131. The molecule has 0 radical (unpaired) electrons. The Hall–Kier alpha value is -2.08. The highest BCUT2D eigenvalue weighted by Gasteiger charge is 2.21. The second-order valence-electron chi connectivity index (χ2n) is 4.37. The highest BCUT2D eigenvalue weighted by Crippen LogP contribution is 2.18. The number of aliphatic hydroxyl groups is 1. The highest BCUT2D eigenvalue weighted by atomic mass is 16.5. The summed E-state index contributed by atoms with van der Waals surface area (Å²) < 4.78 is 5.08. The molecule has 0 aliphatic rings. The van der Waals surface area contributed by atoms with E-state index >= 15 is 0 Å². The molecule has 1 atom stereocenters. The molecule has 1 aromatic rings. The van der Waals surface area contributed by atoms with E-state index in [1.165, 1.54) is 7.11 Å². The quantitative estimate of drug-likeness (QED) is 0.642. The van der Waals surface area contributed by atoms with Gasteiger partial charge in [0.25, 0.3) is 0 Å². The SMILES string of the molecule is COc1cccc(CC(CC(=O)NCCO)C(=O)O)c1. The molecule has 0 aromatic heterocycles. The van der Waals surface area contributed by atoms with Crippen LogP contribution >= 0.6 is 0 Å². The van der Waals surface area contributed by atoms with Crippen LogP contribution in [0.25, 0.3) is 0 Å². The Labute approximate surface area is 117 Å². The maximum absolute atomic E-state index is 11.5. The number of aliphatic hydroxyl groups excluding tert-OH is 1. The van der Waals surface area contributed by atoms with Crippen molar-refractivity contribution in [2.75, 3.05) is 20.3 Å². The number of amides is 1. The number of nitrogens with one attached hydrogen (secondary N) is 1. The summed E-state index contributed by atoms with van der Waals surface area (Å²) in [7, 11) is 1.54. The Kier molecular flexibility index (Phi) is 6.52. The van der Waals surface area contributed by atoms with E-state index in [2.05, 4.69) is 5.32 Å². The van der Waals surface area contributed by atoms with Crippen molar-refractivity contribution in [3.63, 3.8) is 0 Å². The molecule has 0 heterocycles. The molecule has 1 amide bonds. The Bertz CT molecular complexity index is 461. The van der Waals surface area contributed by atoms with Crippen molar-refractivity contribution >= 4 is 11.9 Å². The van der Waals surface area contributed by atoms with Crippen molar-refractivity contribution in [2.45, 2.75) is 12.8 Å². The molecule has 0 saturated carbocycles. The van der Waals surface area contributed by atoms with Gasteiger partial charge in [-0.1, -0.05) is 12.1 Å². The minimum atomic E-state index is -1.02. The average molecular weight is 281 g/mol. The van der Waals surface area contributed by atoms with E-state index in [0.29, 0.717) is 5.75 Å². The number of carbonyl (C=O) groups excluding carboxylic acids is 1. The van der Waals surface area contributed by atoms with E-state index < -0.39 is 11.9 Å². The van der Waals surface area contributed by atoms with E-state index in [4.69, 9.17) is 9.84 Å². The zero-order valence-corrected chi connectivity index (χ0v) is 11.3. The molecule has 0 bridgehead atoms. The van der Waals surface area contributed by atoms with Crippen LogP contribution in [0.3, 0.4) is 0 Å². The van der Waals surface area contributed by atoms with E-state index in [1.807, 2.05) is 0 Å². The molecule has 0 saturated heterocycles. The molecule has 6 nitrogen and oxygen atoms in total. The van der Waals surface area contributed by atoms with Crippen LogP contribution in [0.4, 0.5) is 0 Å². The minimum Gasteiger partial charge on any atom is -0.497 e. The minimum absolute atomic E-state index is 0.119. The maximum atomic E-state index is 11.5. The third kappa shape index (κ3) is 5.27. The first-order valence-electron chi connectivity index (χ1n) is 6.30. The molecule has 1 unspecified atom stereocenters. The molecular weight excluding hydrogens is 262 g/mol. The van der Waals surface area contributed by atoms with Crippen LogP contribution in [-0.2, 0) is 16.0 Å². The van der Waals surface area contributed by atoms with Gasteiger partial charge in [0.05, 0.1) is 19.6 Å². The average Bonchev–Trinajstić information content (AvgIpc) is 2.44.